The standard InChI is InChI=1S/C16H18N6O2S/c1-10-7-13(20-12-5-6-15(24-3)17-9-12)22(21-10)14-8-16(25(4)23)19-11(2)18-14/h5-9,20H,1-4H3. The van der Waals surface area contributed by atoms with Gasteiger partial charge in [-0.15, -0.1) is 0 Å². The van der Waals surface area contributed by atoms with Crippen molar-refractivity contribution in [1.82, 2.24) is 24.7 Å². The molecule has 0 saturated heterocycles. The van der Waals surface area contributed by atoms with Crippen molar-refractivity contribution in [1.29, 1.82) is 0 Å². The van der Waals surface area contributed by atoms with Crippen molar-refractivity contribution < 1.29 is 9.29 Å². The molecule has 0 amide bonds. The summed E-state index contributed by atoms with van der Waals surface area (Å²) in [5.41, 5.74) is 1.60. The summed E-state index contributed by atoms with van der Waals surface area (Å²) in [6.07, 6.45) is 3.26. The van der Waals surface area contributed by atoms with Crippen LogP contribution >= 0.6 is 0 Å². The van der Waals surface area contributed by atoms with Gasteiger partial charge in [0, 0.05) is 23.3 Å². The minimum atomic E-state index is -1.20. The highest BCUT2D eigenvalue weighted by Crippen LogP contribution is 2.22. The number of anilines is 2. The zero-order valence-electron chi connectivity index (χ0n) is 14.3. The number of hydrogen-bond donors (Lipinski definition) is 1. The Kier molecular flexibility index (Phi) is 4.86. The van der Waals surface area contributed by atoms with E-state index < -0.39 is 11.2 Å². The van der Waals surface area contributed by atoms with Gasteiger partial charge in [0.05, 0.1) is 30.8 Å². The van der Waals surface area contributed by atoms with Gasteiger partial charge in [-0.2, -0.15) is 14.8 Å². The third-order valence-corrected chi connectivity index (χ3v) is 4.16. The molecule has 1 N–H and O–H groups in total. The molecule has 0 bridgehead atoms. The SMILES string of the molecule is COc1ccc(Nc2cc(C)nn2-c2cc([S+](C)[O-])nc(C)n2)cn1. The van der Waals surface area contributed by atoms with E-state index in [-0.39, 0.29) is 0 Å². The molecule has 25 heavy (non-hydrogen) atoms. The van der Waals surface area contributed by atoms with Crippen LogP contribution in [-0.2, 0) is 11.2 Å². The van der Waals surface area contributed by atoms with Crippen molar-refractivity contribution in [2.24, 2.45) is 0 Å². The van der Waals surface area contributed by atoms with Gasteiger partial charge < -0.3 is 14.6 Å². The molecule has 130 valence electrons. The van der Waals surface area contributed by atoms with Crippen LogP contribution in [0.1, 0.15) is 11.5 Å². The third-order valence-electron chi connectivity index (χ3n) is 3.36. The molecule has 0 aliphatic rings. The molecule has 0 aliphatic carbocycles. The molecule has 3 rings (SSSR count). The van der Waals surface area contributed by atoms with Crippen LogP contribution in [0.25, 0.3) is 5.82 Å². The minimum absolute atomic E-state index is 0.465. The first-order valence-corrected chi connectivity index (χ1v) is 9.05. The summed E-state index contributed by atoms with van der Waals surface area (Å²) >= 11 is -1.20. The molecule has 3 heterocycles. The zero-order valence-corrected chi connectivity index (χ0v) is 15.2. The lowest BCUT2D eigenvalue weighted by molar-refractivity contribution is 0.398. The van der Waals surface area contributed by atoms with Gasteiger partial charge >= 0.3 is 0 Å². The number of nitrogens with zero attached hydrogens (tertiary/aromatic N) is 5. The summed E-state index contributed by atoms with van der Waals surface area (Å²) in [5, 5.41) is 8.20. The lowest BCUT2D eigenvalue weighted by Crippen LogP contribution is -2.10. The second kappa shape index (κ2) is 7.08. The summed E-state index contributed by atoms with van der Waals surface area (Å²) in [4.78, 5) is 12.8. The first-order chi connectivity index (χ1) is 12.0. The van der Waals surface area contributed by atoms with Crippen molar-refractivity contribution in [2.75, 3.05) is 18.7 Å². The van der Waals surface area contributed by atoms with Gasteiger partial charge in [0.15, 0.2) is 5.82 Å². The van der Waals surface area contributed by atoms with Gasteiger partial charge in [0.25, 0.3) is 0 Å². The second-order valence-corrected chi connectivity index (χ2v) is 6.69. The number of aryl methyl sites for hydroxylation is 2. The molecule has 0 spiro atoms. The van der Waals surface area contributed by atoms with Gasteiger partial charge in [0.2, 0.25) is 10.9 Å². The highest BCUT2D eigenvalue weighted by Gasteiger charge is 2.15. The van der Waals surface area contributed by atoms with Gasteiger partial charge in [-0.3, -0.25) is 0 Å². The molecule has 0 aliphatic heterocycles. The molecule has 0 radical (unpaired) electrons. The Hall–Kier alpha value is -2.65. The first-order valence-electron chi connectivity index (χ1n) is 7.49. The number of aromatic nitrogens is 5. The molecule has 1 unspecified atom stereocenters. The highest BCUT2D eigenvalue weighted by atomic mass is 32.2. The van der Waals surface area contributed by atoms with Crippen molar-refractivity contribution in [2.45, 2.75) is 18.9 Å². The molecular formula is C16H18N6O2S. The van der Waals surface area contributed by atoms with Crippen LogP contribution in [0.3, 0.4) is 0 Å². The third kappa shape index (κ3) is 3.89. The average molecular weight is 358 g/mol. The molecule has 8 nitrogen and oxygen atoms in total. The van der Waals surface area contributed by atoms with Crippen molar-refractivity contribution >= 4 is 22.7 Å². The monoisotopic (exact) mass is 358 g/mol. The minimum Gasteiger partial charge on any atom is -0.610 e. The normalized spacial score (nSPS) is 12.0. The smallest absolute Gasteiger partial charge is 0.249 e. The van der Waals surface area contributed by atoms with E-state index in [2.05, 4.69) is 25.4 Å². The lowest BCUT2D eigenvalue weighted by atomic mass is 10.4. The van der Waals surface area contributed by atoms with Gasteiger partial charge in [0.1, 0.15) is 17.9 Å². The number of ether oxygens (including phenoxy) is 1. The van der Waals surface area contributed by atoms with Gasteiger partial charge in [-0.05, 0) is 19.9 Å². The first kappa shape index (κ1) is 17.2. The molecule has 0 saturated carbocycles. The van der Waals surface area contributed by atoms with Crippen molar-refractivity contribution in [3.05, 3.63) is 42.0 Å². The Morgan fingerprint density at radius 1 is 1.20 bits per heavy atom. The van der Waals surface area contributed by atoms with Crippen LogP contribution in [0.4, 0.5) is 11.5 Å². The number of nitrogens with one attached hydrogen (secondary N) is 1. The number of hydrogen-bond acceptors (Lipinski definition) is 7. The fourth-order valence-corrected chi connectivity index (χ4v) is 2.80. The molecular weight excluding hydrogens is 340 g/mol. The van der Waals surface area contributed by atoms with Crippen LogP contribution in [0.5, 0.6) is 5.88 Å². The Morgan fingerprint density at radius 3 is 2.64 bits per heavy atom. The van der Waals surface area contributed by atoms with Crippen LogP contribution in [0, 0.1) is 13.8 Å². The maximum absolute atomic E-state index is 11.8. The van der Waals surface area contributed by atoms with E-state index in [1.165, 1.54) is 0 Å². The molecule has 0 aromatic carbocycles. The van der Waals surface area contributed by atoms with E-state index in [1.807, 2.05) is 19.1 Å². The molecule has 1 atom stereocenters. The van der Waals surface area contributed by atoms with Crippen LogP contribution in [-0.4, -0.2) is 42.7 Å². The summed E-state index contributed by atoms with van der Waals surface area (Å²) in [6.45, 7) is 3.65. The predicted octanol–water partition coefficient (Wildman–Crippen LogP) is 2.16. The molecule has 0 fully saturated rings. The topological polar surface area (TPSA) is 101 Å². The molecule has 3 aromatic heterocycles. The maximum Gasteiger partial charge on any atom is 0.249 e. The summed E-state index contributed by atoms with van der Waals surface area (Å²) < 4.78 is 18.5. The Labute approximate surface area is 148 Å². The molecule has 3 aromatic rings. The van der Waals surface area contributed by atoms with E-state index >= 15 is 0 Å². The fourth-order valence-electron chi connectivity index (χ4n) is 2.27. The summed E-state index contributed by atoms with van der Waals surface area (Å²) in [7, 11) is 1.57. The zero-order chi connectivity index (χ0) is 18.0. The summed E-state index contributed by atoms with van der Waals surface area (Å²) in [5.74, 6) is 2.34. The van der Waals surface area contributed by atoms with Gasteiger partial charge in [-0.1, -0.05) is 0 Å². The molecule has 9 heteroatoms. The fraction of sp³-hybridized carbons (Fsp3) is 0.250. The van der Waals surface area contributed by atoms with Gasteiger partial charge in [-0.25, -0.2) is 9.97 Å². The predicted molar refractivity (Wildman–Crippen MR) is 95.0 cm³/mol. The van der Waals surface area contributed by atoms with E-state index in [9.17, 15) is 4.55 Å². The number of pyridine rings is 1. The lowest BCUT2D eigenvalue weighted by Gasteiger charge is -2.11. The number of rotatable bonds is 5. The van der Waals surface area contributed by atoms with Crippen LogP contribution < -0.4 is 10.1 Å². The van der Waals surface area contributed by atoms with E-state index in [1.54, 1.807) is 43.3 Å². The van der Waals surface area contributed by atoms with E-state index in [0.717, 1.165) is 17.2 Å². The quantitative estimate of drug-likeness (QED) is 0.551. The average Bonchev–Trinajstić information content (AvgIpc) is 2.95. The highest BCUT2D eigenvalue weighted by molar-refractivity contribution is 7.90. The Bertz CT molecular complexity index is 879. The second-order valence-electron chi connectivity index (χ2n) is 5.36. The van der Waals surface area contributed by atoms with E-state index in [4.69, 9.17) is 4.74 Å². The summed E-state index contributed by atoms with van der Waals surface area (Å²) in [6, 6.07) is 7.19. The Morgan fingerprint density at radius 2 is 2.00 bits per heavy atom. The van der Waals surface area contributed by atoms with Crippen molar-refractivity contribution in [3.63, 3.8) is 0 Å². The maximum atomic E-state index is 11.8. The number of methoxy groups -OCH3 is 1. The largest absolute Gasteiger partial charge is 0.610 e. The Balaban J connectivity index is 1.98. The van der Waals surface area contributed by atoms with Crippen molar-refractivity contribution in [3.8, 4) is 11.7 Å². The van der Waals surface area contributed by atoms with Crippen LogP contribution in [0.15, 0.2) is 35.5 Å². The van der Waals surface area contributed by atoms with Crippen LogP contribution in [0.2, 0.25) is 0 Å². The van der Waals surface area contributed by atoms with E-state index in [0.29, 0.717) is 22.5 Å².